The van der Waals surface area contributed by atoms with Crippen molar-refractivity contribution in [3.8, 4) is 5.75 Å². The van der Waals surface area contributed by atoms with E-state index in [9.17, 15) is 0 Å². The predicted molar refractivity (Wildman–Crippen MR) is 109 cm³/mol. The Labute approximate surface area is 157 Å². The van der Waals surface area contributed by atoms with E-state index in [-0.39, 0.29) is 24.0 Å². The first-order valence-electron chi connectivity index (χ1n) is 8.05. The molecule has 5 nitrogen and oxygen atoms in total. The van der Waals surface area contributed by atoms with E-state index in [4.69, 9.17) is 4.74 Å². The molecule has 0 aliphatic heterocycles. The summed E-state index contributed by atoms with van der Waals surface area (Å²) in [6.45, 7) is 8.19. The van der Waals surface area contributed by atoms with Crippen molar-refractivity contribution in [2.24, 2.45) is 4.99 Å². The van der Waals surface area contributed by atoms with Crippen LogP contribution in [0.3, 0.4) is 0 Å². The Hall–Kier alpha value is -1.02. The van der Waals surface area contributed by atoms with E-state index in [0.29, 0.717) is 13.2 Å². The molecule has 0 amide bonds. The Morgan fingerprint density at radius 1 is 1.17 bits per heavy atom. The quantitative estimate of drug-likeness (QED) is 0.357. The van der Waals surface area contributed by atoms with E-state index in [0.717, 1.165) is 43.3 Å². The molecule has 0 saturated heterocycles. The molecule has 0 unspecified atom stereocenters. The lowest BCUT2D eigenvalue weighted by atomic mass is 10.2. The summed E-state index contributed by atoms with van der Waals surface area (Å²) >= 11 is 0. The van der Waals surface area contributed by atoms with Crippen molar-refractivity contribution in [1.29, 1.82) is 0 Å². The molecule has 0 aromatic heterocycles. The second-order valence-corrected chi connectivity index (χ2v) is 5.38. The van der Waals surface area contributed by atoms with Crippen LogP contribution in [0.4, 0.5) is 0 Å². The van der Waals surface area contributed by atoms with Gasteiger partial charge in [-0.15, -0.1) is 24.0 Å². The number of ether oxygens (including phenoxy) is 1. The average molecular weight is 434 g/mol. The van der Waals surface area contributed by atoms with Crippen molar-refractivity contribution in [2.45, 2.75) is 26.8 Å². The fourth-order valence-electron chi connectivity index (χ4n) is 1.86. The summed E-state index contributed by atoms with van der Waals surface area (Å²) < 4.78 is 5.87. The summed E-state index contributed by atoms with van der Waals surface area (Å²) in [4.78, 5) is 6.74. The number of benzene rings is 1. The zero-order valence-corrected chi connectivity index (χ0v) is 17.1. The number of nitrogens with zero attached hydrogens (tertiary/aromatic N) is 2. The van der Waals surface area contributed by atoms with Crippen molar-refractivity contribution in [1.82, 2.24) is 15.5 Å². The monoisotopic (exact) mass is 434 g/mol. The molecule has 23 heavy (non-hydrogen) atoms. The Balaban J connectivity index is 0.00000484. The fraction of sp³-hybridized carbons (Fsp3) is 0.588. The van der Waals surface area contributed by atoms with Crippen LogP contribution in [0.25, 0.3) is 0 Å². The van der Waals surface area contributed by atoms with Gasteiger partial charge in [0.1, 0.15) is 12.4 Å². The number of guanidine groups is 1. The molecule has 0 bridgehead atoms. The molecule has 2 N–H and O–H groups in total. The van der Waals surface area contributed by atoms with Crippen LogP contribution in [0.1, 0.15) is 25.8 Å². The van der Waals surface area contributed by atoms with E-state index in [1.54, 1.807) is 0 Å². The smallest absolute Gasteiger partial charge is 0.191 e. The van der Waals surface area contributed by atoms with Gasteiger partial charge in [-0.2, -0.15) is 0 Å². The summed E-state index contributed by atoms with van der Waals surface area (Å²) in [5.74, 6) is 1.77. The lowest BCUT2D eigenvalue weighted by Crippen LogP contribution is -2.37. The topological polar surface area (TPSA) is 48.9 Å². The molecule has 0 aliphatic rings. The van der Waals surface area contributed by atoms with E-state index in [1.807, 2.05) is 32.3 Å². The predicted octanol–water partition coefficient (Wildman–Crippen LogP) is 2.71. The van der Waals surface area contributed by atoms with Crippen molar-refractivity contribution in [3.63, 3.8) is 0 Å². The largest absolute Gasteiger partial charge is 0.492 e. The number of halogens is 1. The lowest BCUT2D eigenvalue weighted by Gasteiger charge is -2.14. The minimum absolute atomic E-state index is 0. The summed E-state index contributed by atoms with van der Waals surface area (Å²) in [5.41, 5.74) is 1.11. The number of likely N-dealkylation sites (N-methyl/N-ethyl adjacent to an activating group) is 1. The van der Waals surface area contributed by atoms with Gasteiger partial charge in [0.15, 0.2) is 5.96 Å². The van der Waals surface area contributed by atoms with Crippen LogP contribution in [-0.4, -0.2) is 51.2 Å². The molecule has 0 fully saturated rings. The van der Waals surface area contributed by atoms with Gasteiger partial charge in [-0.3, -0.25) is 0 Å². The first kappa shape index (κ1) is 22.0. The highest BCUT2D eigenvalue weighted by Crippen LogP contribution is 2.18. The highest BCUT2D eigenvalue weighted by atomic mass is 127. The van der Waals surface area contributed by atoms with Gasteiger partial charge in [0.25, 0.3) is 0 Å². The SMILES string of the molecule is CCCNC(=NCc1ccccc1OCCN(C)C)NCC.I. The Bertz CT molecular complexity index is 452. The molecule has 0 atom stereocenters. The van der Waals surface area contributed by atoms with Gasteiger partial charge < -0.3 is 20.3 Å². The van der Waals surface area contributed by atoms with Gasteiger partial charge >= 0.3 is 0 Å². The van der Waals surface area contributed by atoms with Crippen LogP contribution in [0.2, 0.25) is 0 Å². The summed E-state index contributed by atoms with van der Waals surface area (Å²) in [6.07, 6.45) is 1.08. The first-order chi connectivity index (χ1) is 10.7. The van der Waals surface area contributed by atoms with Gasteiger partial charge in [0.2, 0.25) is 0 Å². The third-order valence-corrected chi connectivity index (χ3v) is 3.06. The fourth-order valence-corrected chi connectivity index (χ4v) is 1.86. The van der Waals surface area contributed by atoms with E-state index in [1.165, 1.54) is 0 Å². The molecule has 0 aliphatic carbocycles. The first-order valence-corrected chi connectivity index (χ1v) is 8.05. The summed E-state index contributed by atoms with van der Waals surface area (Å²) in [5, 5.41) is 6.57. The summed E-state index contributed by atoms with van der Waals surface area (Å²) in [6, 6.07) is 8.10. The minimum Gasteiger partial charge on any atom is -0.492 e. The van der Waals surface area contributed by atoms with Gasteiger partial charge in [-0.05, 0) is 33.5 Å². The standard InChI is InChI=1S/C17H30N4O.HI/c1-5-11-19-17(18-6-2)20-14-15-9-7-8-10-16(15)22-13-12-21(3)4;/h7-10H,5-6,11-14H2,1-4H3,(H2,18,19,20);1H. The third-order valence-electron chi connectivity index (χ3n) is 3.06. The maximum absolute atomic E-state index is 5.87. The second kappa shape index (κ2) is 13.4. The molecule has 1 rings (SSSR count). The molecule has 0 heterocycles. The maximum Gasteiger partial charge on any atom is 0.191 e. The lowest BCUT2D eigenvalue weighted by molar-refractivity contribution is 0.259. The molecule has 6 heteroatoms. The van der Waals surface area contributed by atoms with E-state index >= 15 is 0 Å². The molecule has 132 valence electrons. The molecule has 1 aromatic rings. The number of nitrogens with one attached hydrogen (secondary N) is 2. The minimum atomic E-state index is 0. The van der Waals surface area contributed by atoms with Crippen LogP contribution in [0.5, 0.6) is 5.75 Å². The molecule has 0 spiro atoms. The van der Waals surface area contributed by atoms with Crippen LogP contribution in [0, 0.1) is 0 Å². The summed E-state index contributed by atoms with van der Waals surface area (Å²) in [7, 11) is 4.09. The zero-order valence-electron chi connectivity index (χ0n) is 14.8. The van der Waals surface area contributed by atoms with E-state index < -0.39 is 0 Å². The van der Waals surface area contributed by atoms with Gasteiger partial charge in [0.05, 0.1) is 6.54 Å². The van der Waals surface area contributed by atoms with Crippen LogP contribution in [0.15, 0.2) is 29.3 Å². The van der Waals surface area contributed by atoms with Crippen LogP contribution < -0.4 is 15.4 Å². The number of para-hydroxylation sites is 1. The molecular weight excluding hydrogens is 403 g/mol. The number of aliphatic imine (C=N–C) groups is 1. The van der Waals surface area contributed by atoms with Crippen molar-refractivity contribution >= 4 is 29.9 Å². The molecular formula is C17H31IN4O. The Kier molecular flexibility index (Phi) is 12.8. The van der Waals surface area contributed by atoms with Crippen molar-refractivity contribution in [3.05, 3.63) is 29.8 Å². The van der Waals surface area contributed by atoms with Crippen molar-refractivity contribution < 1.29 is 4.74 Å². The zero-order chi connectivity index (χ0) is 16.2. The maximum atomic E-state index is 5.87. The van der Waals surface area contributed by atoms with Crippen molar-refractivity contribution in [2.75, 3.05) is 40.3 Å². The number of hydrogen-bond donors (Lipinski definition) is 2. The normalized spacial score (nSPS) is 11.1. The Morgan fingerprint density at radius 2 is 1.91 bits per heavy atom. The van der Waals surface area contributed by atoms with E-state index in [2.05, 4.69) is 40.4 Å². The van der Waals surface area contributed by atoms with Crippen LogP contribution >= 0.6 is 24.0 Å². The number of rotatable bonds is 9. The molecule has 0 radical (unpaired) electrons. The van der Waals surface area contributed by atoms with Gasteiger partial charge in [-0.25, -0.2) is 4.99 Å². The van der Waals surface area contributed by atoms with Crippen LogP contribution in [-0.2, 0) is 6.54 Å². The second-order valence-electron chi connectivity index (χ2n) is 5.38. The van der Waals surface area contributed by atoms with Gasteiger partial charge in [0, 0.05) is 25.2 Å². The number of hydrogen-bond acceptors (Lipinski definition) is 3. The molecule has 1 aromatic carbocycles. The third kappa shape index (κ3) is 9.65. The molecule has 0 saturated carbocycles. The average Bonchev–Trinajstić information content (AvgIpc) is 2.51. The highest BCUT2D eigenvalue weighted by molar-refractivity contribution is 14.0. The highest BCUT2D eigenvalue weighted by Gasteiger charge is 2.03. The van der Waals surface area contributed by atoms with Gasteiger partial charge in [-0.1, -0.05) is 25.1 Å². The Morgan fingerprint density at radius 3 is 2.57 bits per heavy atom.